The lowest BCUT2D eigenvalue weighted by Gasteiger charge is -2.28. The van der Waals surface area contributed by atoms with E-state index in [2.05, 4.69) is 41.5 Å². The predicted molar refractivity (Wildman–Crippen MR) is 105 cm³/mol. The molecule has 0 saturated heterocycles. The number of anilines is 2. The first-order valence-corrected chi connectivity index (χ1v) is 9.41. The highest BCUT2D eigenvalue weighted by Gasteiger charge is 2.16. The maximum Gasteiger partial charge on any atom is 0.119 e. The normalized spacial score (nSPS) is 17.9. The lowest BCUT2D eigenvalue weighted by atomic mass is 10.1. The maximum absolute atomic E-state index is 5.85. The van der Waals surface area contributed by atoms with Gasteiger partial charge in [-0.1, -0.05) is 0 Å². The highest BCUT2D eigenvalue weighted by molar-refractivity contribution is 5.63. The summed E-state index contributed by atoms with van der Waals surface area (Å²) in [6.45, 7) is 4.80. The van der Waals surface area contributed by atoms with Crippen molar-refractivity contribution in [3.63, 3.8) is 0 Å². The number of benzene rings is 2. The van der Waals surface area contributed by atoms with E-state index in [0.717, 1.165) is 30.3 Å². The second-order valence-corrected chi connectivity index (χ2v) is 6.74. The van der Waals surface area contributed by atoms with Crippen LogP contribution in [0.3, 0.4) is 0 Å². The van der Waals surface area contributed by atoms with Crippen LogP contribution in [0.2, 0.25) is 0 Å². The minimum Gasteiger partial charge on any atom is -0.491 e. The SMILES string of the molecule is CN1Cc2cc3ccc2NCc2cc(ccc21)OCCOCCOCCO3. The number of ether oxygens (including phenoxy) is 4. The first kappa shape index (κ1) is 17.9. The second kappa shape index (κ2) is 8.50. The van der Waals surface area contributed by atoms with Crippen molar-refractivity contribution in [3.8, 4) is 11.5 Å². The molecule has 2 aromatic rings. The number of fused-ring (bicyclic) bond motifs is 13. The Bertz CT molecular complexity index is 781. The molecule has 27 heavy (non-hydrogen) atoms. The maximum atomic E-state index is 5.85. The molecule has 6 bridgehead atoms. The topological polar surface area (TPSA) is 52.2 Å². The van der Waals surface area contributed by atoms with Crippen molar-refractivity contribution in [3.05, 3.63) is 47.5 Å². The Morgan fingerprint density at radius 1 is 0.778 bits per heavy atom. The van der Waals surface area contributed by atoms with Crippen LogP contribution in [0.1, 0.15) is 11.1 Å². The van der Waals surface area contributed by atoms with Gasteiger partial charge < -0.3 is 29.2 Å². The molecule has 144 valence electrons. The summed E-state index contributed by atoms with van der Waals surface area (Å²) in [5.41, 5.74) is 4.77. The highest BCUT2D eigenvalue weighted by Crippen LogP contribution is 2.32. The zero-order valence-corrected chi connectivity index (χ0v) is 15.7. The molecule has 0 amide bonds. The number of hydrogen-bond donors (Lipinski definition) is 1. The molecule has 0 unspecified atom stereocenters. The molecule has 3 heterocycles. The Labute approximate surface area is 160 Å². The van der Waals surface area contributed by atoms with Crippen LogP contribution in [0, 0.1) is 0 Å². The first-order valence-electron chi connectivity index (χ1n) is 9.41. The highest BCUT2D eigenvalue weighted by atomic mass is 16.6. The van der Waals surface area contributed by atoms with Crippen molar-refractivity contribution in [1.29, 1.82) is 0 Å². The molecule has 0 saturated carbocycles. The van der Waals surface area contributed by atoms with Gasteiger partial charge >= 0.3 is 0 Å². The minimum absolute atomic E-state index is 0.524. The van der Waals surface area contributed by atoms with E-state index in [9.17, 15) is 0 Å². The van der Waals surface area contributed by atoms with E-state index in [1.54, 1.807) is 0 Å². The monoisotopic (exact) mass is 370 g/mol. The number of nitrogens with one attached hydrogen (secondary N) is 1. The molecular formula is C21H26N2O4. The average molecular weight is 370 g/mol. The van der Waals surface area contributed by atoms with Gasteiger partial charge in [-0.3, -0.25) is 0 Å². The quantitative estimate of drug-likeness (QED) is 0.720. The molecule has 3 aliphatic rings. The largest absolute Gasteiger partial charge is 0.491 e. The lowest BCUT2D eigenvalue weighted by molar-refractivity contribution is 0.0273. The number of rotatable bonds is 0. The van der Waals surface area contributed by atoms with Crippen LogP contribution >= 0.6 is 0 Å². The van der Waals surface area contributed by atoms with Crippen LogP contribution in [0.5, 0.6) is 11.5 Å². The van der Waals surface area contributed by atoms with Crippen molar-refractivity contribution in [2.24, 2.45) is 0 Å². The average Bonchev–Trinajstić information content (AvgIpc) is 2.67. The van der Waals surface area contributed by atoms with Gasteiger partial charge in [0.15, 0.2) is 0 Å². The van der Waals surface area contributed by atoms with E-state index >= 15 is 0 Å². The standard InChI is InChI=1S/C21H26N2O4/c1-23-15-17-13-18-2-4-20(17)22-14-16-12-19(3-5-21(16)23)27-11-9-25-7-6-24-8-10-26-18/h2-5,12-13,22H,6-11,14-15H2,1H3. The zero-order chi connectivity index (χ0) is 18.5. The third-order valence-electron chi connectivity index (χ3n) is 4.78. The van der Waals surface area contributed by atoms with Crippen LogP contribution < -0.4 is 19.7 Å². The van der Waals surface area contributed by atoms with Gasteiger partial charge in [0.05, 0.1) is 26.4 Å². The Morgan fingerprint density at radius 3 is 2.15 bits per heavy atom. The van der Waals surface area contributed by atoms with Crippen molar-refractivity contribution in [2.45, 2.75) is 13.1 Å². The van der Waals surface area contributed by atoms with Crippen molar-refractivity contribution >= 4 is 11.4 Å². The van der Waals surface area contributed by atoms with Crippen LogP contribution in [-0.2, 0) is 22.6 Å². The molecule has 3 aliphatic heterocycles. The Balaban J connectivity index is 1.61. The van der Waals surface area contributed by atoms with Crippen LogP contribution in [-0.4, -0.2) is 46.7 Å². The Kier molecular flexibility index (Phi) is 5.65. The molecular weight excluding hydrogens is 344 g/mol. The zero-order valence-electron chi connectivity index (χ0n) is 15.7. The fourth-order valence-corrected chi connectivity index (χ4v) is 3.42. The third-order valence-corrected chi connectivity index (χ3v) is 4.78. The summed E-state index contributed by atoms with van der Waals surface area (Å²) in [4.78, 5) is 2.27. The van der Waals surface area contributed by atoms with E-state index in [-0.39, 0.29) is 0 Å². The van der Waals surface area contributed by atoms with Crippen LogP contribution in [0.25, 0.3) is 0 Å². The summed E-state index contributed by atoms with van der Waals surface area (Å²) < 4.78 is 22.8. The molecule has 2 aromatic carbocycles. The van der Waals surface area contributed by atoms with Crippen molar-refractivity contribution in [2.75, 3.05) is 56.9 Å². The fraction of sp³-hybridized carbons (Fsp3) is 0.429. The van der Waals surface area contributed by atoms with E-state index in [4.69, 9.17) is 18.9 Å². The van der Waals surface area contributed by atoms with Gasteiger partial charge in [-0.25, -0.2) is 0 Å². The van der Waals surface area contributed by atoms with Gasteiger partial charge in [-0.2, -0.15) is 0 Å². The molecule has 0 aromatic heterocycles. The molecule has 6 heteroatoms. The summed E-state index contributed by atoms with van der Waals surface area (Å²) in [5, 5.41) is 3.55. The number of hydrogen-bond acceptors (Lipinski definition) is 6. The van der Waals surface area contributed by atoms with Gasteiger partial charge in [-0.05, 0) is 47.5 Å². The summed E-state index contributed by atoms with van der Waals surface area (Å²) >= 11 is 0. The van der Waals surface area contributed by atoms with Crippen molar-refractivity contribution in [1.82, 2.24) is 0 Å². The first-order chi connectivity index (χ1) is 13.3. The summed E-state index contributed by atoms with van der Waals surface area (Å²) in [6, 6.07) is 12.5. The predicted octanol–water partition coefficient (Wildman–Crippen LogP) is 3.05. The minimum atomic E-state index is 0.524. The summed E-state index contributed by atoms with van der Waals surface area (Å²) in [5.74, 6) is 1.73. The van der Waals surface area contributed by atoms with Gasteiger partial charge in [0.25, 0.3) is 0 Å². The van der Waals surface area contributed by atoms with E-state index in [0.29, 0.717) is 39.6 Å². The van der Waals surface area contributed by atoms with Gasteiger partial charge in [0.1, 0.15) is 24.7 Å². The Hall–Kier alpha value is -2.44. The van der Waals surface area contributed by atoms with Crippen molar-refractivity contribution < 1.29 is 18.9 Å². The van der Waals surface area contributed by atoms with Gasteiger partial charge in [0, 0.05) is 31.5 Å². The molecule has 1 N–H and O–H groups in total. The van der Waals surface area contributed by atoms with Gasteiger partial charge in [-0.15, -0.1) is 0 Å². The Morgan fingerprint density at radius 2 is 1.41 bits per heavy atom. The molecule has 6 nitrogen and oxygen atoms in total. The third kappa shape index (κ3) is 4.46. The molecule has 0 aliphatic carbocycles. The molecule has 0 fully saturated rings. The van der Waals surface area contributed by atoms with Crippen LogP contribution in [0.15, 0.2) is 36.4 Å². The molecule has 5 rings (SSSR count). The molecule has 0 atom stereocenters. The van der Waals surface area contributed by atoms with Gasteiger partial charge in [0.2, 0.25) is 0 Å². The summed E-state index contributed by atoms with van der Waals surface area (Å²) in [7, 11) is 2.12. The smallest absolute Gasteiger partial charge is 0.119 e. The lowest BCUT2D eigenvalue weighted by Crippen LogP contribution is -2.22. The second-order valence-electron chi connectivity index (χ2n) is 6.74. The molecule has 0 spiro atoms. The fourth-order valence-electron chi connectivity index (χ4n) is 3.42. The number of nitrogens with zero attached hydrogens (tertiary/aromatic N) is 1. The van der Waals surface area contributed by atoms with E-state index in [1.165, 1.54) is 16.8 Å². The summed E-state index contributed by atoms with van der Waals surface area (Å²) in [6.07, 6.45) is 0. The van der Waals surface area contributed by atoms with E-state index in [1.807, 2.05) is 12.1 Å². The van der Waals surface area contributed by atoms with Crippen LogP contribution in [0.4, 0.5) is 11.4 Å². The molecule has 0 radical (unpaired) electrons. The van der Waals surface area contributed by atoms with E-state index < -0.39 is 0 Å².